The van der Waals surface area contributed by atoms with Crippen LogP contribution in [0.4, 0.5) is 0 Å². The first kappa shape index (κ1) is 22.4. The van der Waals surface area contributed by atoms with Crippen LogP contribution in [-0.2, 0) is 13.0 Å². The van der Waals surface area contributed by atoms with Crippen LogP contribution < -0.4 is 5.73 Å². The van der Waals surface area contributed by atoms with Gasteiger partial charge in [-0.2, -0.15) is 0 Å². The fourth-order valence-corrected chi connectivity index (χ4v) is 4.23. The molecule has 0 aliphatic rings. The van der Waals surface area contributed by atoms with E-state index >= 15 is 0 Å². The molecule has 0 unspecified atom stereocenters. The molecule has 2 heteroatoms. The normalized spacial score (nSPS) is 11.1. The molecule has 0 fully saturated rings. The van der Waals surface area contributed by atoms with Crippen molar-refractivity contribution in [1.29, 1.82) is 0 Å². The van der Waals surface area contributed by atoms with Gasteiger partial charge in [0.05, 0.1) is 0 Å². The second kappa shape index (κ2) is 13.3. The Balaban J connectivity index is 1.72. The summed E-state index contributed by atoms with van der Waals surface area (Å²) < 4.78 is 1.32. The smallest absolute Gasteiger partial charge is 0.0208 e. The molecule has 1 nitrogen and oxygen atoms in total. The first-order valence-electron chi connectivity index (χ1n) is 10.8. The summed E-state index contributed by atoms with van der Waals surface area (Å²) in [6, 6.07) is 15.6. The van der Waals surface area contributed by atoms with Crippen LogP contribution in [0.5, 0.6) is 0 Å². The Labute approximate surface area is 180 Å². The lowest BCUT2D eigenvalue weighted by Gasteiger charge is -2.09. The van der Waals surface area contributed by atoms with Crippen molar-refractivity contribution in [3.63, 3.8) is 0 Å². The maximum Gasteiger partial charge on any atom is 0.0208 e. The van der Waals surface area contributed by atoms with Gasteiger partial charge in [-0.1, -0.05) is 101 Å². The number of aryl methyl sites for hydroxylation is 1. The van der Waals surface area contributed by atoms with Gasteiger partial charge in [0.25, 0.3) is 0 Å². The highest BCUT2D eigenvalue weighted by atomic mass is 127. The summed E-state index contributed by atoms with van der Waals surface area (Å²) in [5.41, 5.74) is 11.0. The zero-order chi connectivity index (χ0) is 19.3. The van der Waals surface area contributed by atoms with Crippen molar-refractivity contribution in [2.24, 2.45) is 5.73 Å². The summed E-state index contributed by atoms with van der Waals surface area (Å²) >= 11 is 2.45. The predicted octanol–water partition coefficient (Wildman–Crippen LogP) is 7.88. The van der Waals surface area contributed by atoms with E-state index in [1.807, 2.05) is 0 Å². The molecule has 0 bridgehead atoms. The van der Waals surface area contributed by atoms with Crippen LogP contribution in [0.3, 0.4) is 0 Å². The summed E-state index contributed by atoms with van der Waals surface area (Å²) in [5.74, 6) is 0. The van der Waals surface area contributed by atoms with E-state index in [0.29, 0.717) is 6.54 Å². The van der Waals surface area contributed by atoms with E-state index in [2.05, 4.69) is 72.0 Å². The molecule has 0 aliphatic heterocycles. The number of nitrogens with two attached hydrogens (primary N) is 1. The quantitative estimate of drug-likeness (QED) is 0.230. The van der Waals surface area contributed by atoms with Crippen molar-refractivity contribution in [2.45, 2.75) is 84.1 Å². The van der Waals surface area contributed by atoms with Gasteiger partial charge in [-0.05, 0) is 63.8 Å². The monoisotopic (exact) mass is 477 g/mol. The van der Waals surface area contributed by atoms with Gasteiger partial charge in [-0.15, -0.1) is 0 Å². The maximum absolute atomic E-state index is 5.72. The number of benzene rings is 2. The molecule has 2 aromatic carbocycles. The molecular weight excluding hydrogens is 441 g/mol. The van der Waals surface area contributed by atoms with Gasteiger partial charge >= 0.3 is 0 Å². The van der Waals surface area contributed by atoms with Gasteiger partial charge < -0.3 is 5.73 Å². The second-order valence-electron chi connectivity index (χ2n) is 7.65. The average molecular weight is 477 g/mol. The molecule has 0 spiro atoms. The Kier molecular flexibility index (Phi) is 11.1. The molecule has 2 N–H and O–H groups in total. The third-order valence-electron chi connectivity index (χ3n) is 5.35. The Bertz CT molecular complexity index is 648. The molecule has 2 rings (SSSR count). The van der Waals surface area contributed by atoms with Gasteiger partial charge in [0.1, 0.15) is 0 Å². The average Bonchev–Trinajstić information content (AvgIpc) is 2.70. The Morgan fingerprint density at radius 2 is 1.26 bits per heavy atom. The SMILES string of the molecule is CCCCCCCCCCCCc1ccc(I)c(-c2ccc(CN)cc2)c1. The number of hydrogen-bond acceptors (Lipinski definition) is 1. The van der Waals surface area contributed by atoms with E-state index in [0.717, 1.165) is 0 Å². The van der Waals surface area contributed by atoms with Crippen molar-refractivity contribution in [2.75, 3.05) is 0 Å². The number of unbranched alkanes of at least 4 members (excludes halogenated alkanes) is 9. The minimum absolute atomic E-state index is 0.607. The third-order valence-corrected chi connectivity index (χ3v) is 6.29. The summed E-state index contributed by atoms with van der Waals surface area (Å²) in [6.07, 6.45) is 15.2. The van der Waals surface area contributed by atoms with E-state index in [4.69, 9.17) is 5.73 Å². The summed E-state index contributed by atoms with van der Waals surface area (Å²) in [5, 5.41) is 0. The molecule has 2 aromatic rings. The molecule has 148 valence electrons. The molecule has 0 atom stereocenters. The lowest BCUT2D eigenvalue weighted by Crippen LogP contribution is -1.95. The fourth-order valence-electron chi connectivity index (χ4n) is 3.59. The second-order valence-corrected chi connectivity index (χ2v) is 8.81. The molecule has 0 saturated heterocycles. The fraction of sp³-hybridized carbons (Fsp3) is 0.520. The van der Waals surface area contributed by atoms with Crippen LogP contribution in [0.2, 0.25) is 0 Å². The van der Waals surface area contributed by atoms with E-state index in [-0.39, 0.29) is 0 Å². The van der Waals surface area contributed by atoms with Gasteiger partial charge in [0, 0.05) is 10.1 Å². The minimum atomic E-state index is 0.607. The number of rotatable bonds is 13. The van der Waals surface area contributed by atoms with Crippen molar-refractivity contribution < 1.29 is 0 Å². The van der Waals surface area contributed by atoms with Crippen LogP contribution in [0.15, 0.2) is 42.5 Å². The zero-order valence-electron chi connectivity index (χ0n) is 17.0. The third kappa shape index (κ3) is 8.35. The highest BCUT2D eigenvalue weighted by Gasteiger charge is 2.05. The Morgan fingerprint density at radius 3 is 1.85 bits per heavy atom. The predicted molar refractivity (Wildman–Crippen MR) is 128 cm³/mol. The largest absolute Gasteiger partial charge is 0.326 e. The summed E-state index contributed by atoms with van der Waals surface area (Å²) in [7, 11) is 0. The molecule has 0 amide bonds. The number of hydrogen-bond donors (Lipinski definition) is 1. The molecule has 27 heavy (non-hydrogen) atoms. The molecule has 0 radical (unpaired) electrons. The highest BCUT2D eigenvalue weighted by molar-refractivity contribution is 14.1. The lowest BCUT2D eigenvalue weighted by molar-refractivity contribution is 0.556. The van der Waals surface area contributed by atoms with Crippen LogP contribution in [0.25, 0.3) is 11.1 Å². The lowest BCUT2D eigenvalue weighted by atomic mass is 9.99. The molecule has 0 heterocycles. The first-order chi connectivity index (χ1) is 13.2. The topological polar surface area (TPSA) is 26.0 Å². The molecule has 0 aromatic heterocycles. The van der Waals surface area contributed by atoms with Crippen molar-refractivity contribution in [1.82, 2.24) is 0 Å². The first-order valence-corrected chi connectivity index (χ1v) is 11.9. The summed E-state index contributed by atoms with van der Waals surface area (Å²) in [6.45, 7) is 2.89. The van der Waals surface area contributed by atoms with Crippen LogP contribution in [0.1, 0.15) is 82.3 Å². The molecule has 0 aliphatic carbocycles. The van der Waals surface area contributed by atoms with Crippen molar-refractivity contribution in [3.8, 4) is 11.1 Å². The van der Waals surface area contributed by atoms with Crippen molar-refractivity contribution in [3.05, 3.63) is 57.2 Å². The van der Waals surface area contributed by atoms with Crippen LogP contribution >= 0.6 is 22.6 Å². The number of halogens is 1. The van der Waals surface area contributed by atoms with Crippen LogP contribution in [-0.4, -0.2) is 0 Å². The van der Waals surface area contributed by atoms with E-state index < -0.39 is 0 Å². The maximum atomic E-state index is 5.72. The Hall–Kier alpha value is -0.870. The molecule has 0 saturated carbocycles. The van der Waals surface area contributed by atoms with E-state index in [1.54, 1.807) is 0 Å². The highest BCUT2D eigenvalue weighted by Crippen LogP contribution is 2.27. The summed E-state index contributed by atoms with van der Waals surface area (Å²) in [4.78, 5) is 0. The van der Waals surface area contributed by atoms with E-state index in [1.165, 1.54) is 96.5 Å². The van der Waals surface area contributed by atoms with Crippen LogP contribution in [0, 0.1) is 3.57 Å². The van der Waals surface area contributed by atoms with Gasteiger partial charge in [-0.3, -0.25) is 0 Å². The Morgan fingerprint density at radius 1 is 0.704 bits per heavy atom. The van der Waals surface area contributed by atoms with Gasteiger partial charge in [0.2, 0.25) is 0 Å². The van der Waals surface area contributed by atoms with Gasteiger partial charge in [-0.25, -0.2) is 0 Å². The molecular formula is C25H36IN. The zero-order valence-corrected chi connectivity index (χ0v) is 19.1. The standard InChI is InChI=1S/C25H36IN/c1-2-3-4-5-6-7-8-9-10-11-12-21-15-18-25(26)24(19-21)23-16-13-22(20-27)14-17-23/h13-19H,2-12,20,27H2,1H3. The van der Waals surface area contributed by atoms with Crippen molar-refractivity contribution >= 4 is 22.6 Å². The van der Waals surface area contributed by atoms with E-state index in [9.17, 15) is 0 Å². The minimum Gasteiger partial charge on any atom is -0.326 e. The van der Waals surface area contributed by atoms with Gasteiger partial charge in [0.15, 0.2) is 0 Å².